The number of anilines is 2. The second-order valence-electron chi connectivity index (χ2n) is 15.1. The molecule has 1 spiro atoms. The zero-order valence-electron chi connectivity index (χ0n) is 31.2. The fourth-order valence-electron chi connectivity index (χ4n) is 8.08. The Morgan fingerprint density at radius 2 is 1.87 bits per heavy atom. The van der Waals surface area contributed by atoms with Crippen LogP contribution in [0, 0.1) is 5.92 Å². The third-order valence-electron chi connectivity index (χ3n) is 10.6. The van der Waals surface area contributed by atoms with Crippen molar-refractivity contribution in [1.29, 1.82) is 0 Å². The summed E-state index contributed by atoms with van der Waals surface area (Å²) in [5, 5.41) is 23.9. The summed E-state index contributed by atoms with van der Waals surface area (Å²) >= 11 is 0. The topological polar surface area (TPSA) is 113 Å². The Labute approximate surface area is 307 Å². The van der Waals surface area contributed by atoms with E-state index < -0.39 is 31.6 Å². The van der Waals surface area contributed by atoms with Crippen LogP contribution in [-0.4, -0.2) is 65.3 Å². The molecular formula is C40H51FN6O4Si. The summed E-state index contributed by atoms with van der Waals surface area (Å²) in [4.78, 5) is 30.1. The third kappa shape index (κ3) is 7.46. The maximum atomic E-state index is 16.5. The first kappa shape index (κ1) is 37.5. The maximum absolute atomic E-state index is 16.5. The van der Waals surface area contributed by atoms with E-state index in [1.807, 2.05) is 55.5 Å². The Bertz CT molecular complexity index is 1880. The number of rotatable bonds is 13. The highest BCUT2D eigenvalue weighted by Gasteiger charge is 2.66. The third-order valence-corrected chi connectivity index (χ3v) is 13.1. The molecule has 1 N–H and O–H groups in total. The highest BCUT2D eigenvalue weighted by atomic mass is 28.4. The van der Waals surface area contributed by atoms with Crippen molar-refractivity contribution in [3.8, 4) is 0 Å². The highest BCUT2D eigenvalue weighted by molar-refractivity contribution is 6.72. The quantitative estimate of drug-likeness (QED) is 0.113. The molecule has 1 fully saturated rings. The summed E-state index contributed by atoms with van der Waals surface area (Å²) in [5.41, 5.74) is 4.84. The van der Waals surface area contributed by atoms with E-state index in [9.17, 15) is 14.7 Å². The van der Waals surface area contributed by atoms with Gasteiger partial charge in [-0.3, -0.25) is 14.3 Å². The molecule has 0 radical (unpaired) electrons. The molecule has 1 aromatic heterocycles. The van der Waals surface area contributed by atoms with Gasteiger partial charge in [0.2, 0.25) is 14.3 Å². The Morgan fingerprint density at radius 3 is 2.58 bits per heavy atom. The van der Waals surface area contributed by atoms with Crippen molar-refractivity contribution >= 4 is 37.3 Å². The number of aromatic nitrogens is 3. The number of aryl methyl sites for hydroxylation is 1. The van der Waals surface area contributed by atoms with Gasteiger partial charge in [0, 0.05) is 62.2 Å². The SMILES string of the molecule is CC(C)=CCC/C(C)=C/CN1C(=O)[C@]2(O[C@H](CCn3cc(CCO)nn3)[C@@H]([Si](C)(C)F)[C@@H]2C)c2cc(N3N=C(c4ccccc4)CCC3=O)ccc21. The van der Waals surface area contributed by atoms with Gasteiger partial charge in [-0.15, -0.1) is 5.10 Å². The average molecular weight is 727 g/mol. The minimum atomic E-state index is -3.40. The molecule has 2 aromatic carbocycles. The number of hydrazone groups is 1. The summed E-state index contributed by atoms with van der Waals surface area (Å²) in [6, 6.07) is 15.4. The molecule has 0 bridgehead atoms. The van der Waals surface area contributed by atoms with Crippen LogP contribution in [0.1, 0.15) is 76.6 Å². The summed E-state index contributed by atoms with van der Waals surface area (Å²) in [6.45, 7) is 12.3. The van der Waals surface area contributed by atoms with E-state index in [0.29, 0.717) is 61.4 Å². The second-order valence-corrected chi connectivity index (χ2v) is 18.9. The van der Waals surface area contributed by atoms with Crippen LogP contribution in [0.2, 0.25) is 18.6 Å². The number of halogens is 1. The van der Waals surface area contributed by atoms with Gasteiger partial charge < -0.3 is 18.9 Å². The van der Waals surface area contributed by atoms with Crippen LogP contribution in [0.3, 0.4) is 0 Å². The Kier molecular flexibility index (Phi) is 11.1. The van der Waals surface area contributed by atoms with Gasteiger partial charge in [0.25, 0.3) is 5.91 Å². The van der Waals surface area contributed by atoms with Crippen molar-refractivity contribution in [2.24, 2.45) is 11.0 Å². The molecule has 12 heteroatoms. The Morgan fingerprint density at radius 1 is 1.10 bits per heavy atom. The first-order chi connectivity index (χ1) is 24.8. The predicted molar refractivity (Wildman–Crippen MR) is 204 cm³/mol. The number of aliphatic hydroxyl groups excluding tert-OH is 1. The largest absolute Gasteiger partial charge is 0.396 e. The molecule has 6 rings (SSSR count). The van der Waals surface area contributed by atoms with E-state index in [4.69, 9.17) is 9.84 Å². The molecule has 4 atom stereocenters. The highest BCUT2D eigenvalue weighted by Crippen LogP contribution is 2.60. The zero-order chi connectivity index (χ0) is 37.2. The van der Waals surface area contributed by atoms with Crippen LogP contribution in [-0.2, 0) is 32.9 Å². The number of allylic oxidation sites excluding steroid dienone is 3. The second kappa shape index (κ2) is 15.4. The van der Waals surface area contributed by atoms with Gasteiger partial charge in [-0.1, -0.05) is 65.8 Å². The molecule has 2 amide bonds. The average Bonchev–Trinajstić information content (AvgIpc) is 3.76. The van der Waals surface area contributed by atoms with Crippen molar-refractivity contribution in [1.82, 2.24) is 15.0 Å². The smallest absolute Gasteiger partial charge is 0.264 e. The van der Waals surface area contributed by atoms with Crippen LogP contribution in [0.4, 0.5) is 15.5 Å². The number of carbonyl (C=O) groups is 2. The summed E-state index contributed by atoms with van der Waals surface area (Å²) in [5.74, 6) is -0.832. The van der Waals surface area contributed by atoms with Gasteiger partial charge >= 0.3 is 0 Å². The Hall–Kier alpha value is -4.26. The van der Waals surface area contributed by atoms with Crippen molar-refractivity contribution in [3.05, 3.63) is 94.8 Å². The van der Waals surface area contributed by atoms with Gasteiger partial charge in [-0.2, -0.15) is 5.10 Å². The number of fused-ring (bicyclic) bond motifs is 2. The van der Waals surface area contributed by atoms with E-state index in [-0.39, 0.29) is 18.4 Å². The van der Waals surface area contributed by atoms with Crippen LogP contribution < -0.4 is 9.91 Å². The normalized spacial score (nSPS) is 23.4. The standard InChI is InChI=1S/C40H51FN6O4Si/c1-27(2)11-10-12-28(3)19-23-46-35-17-15-32(47-37(49)18-16-34(43-47)30-13-8-7-9-14-30)25-33(35)40(39(46)50)29(4)38(52(5,6)41)36(51-40)20-22-45-26-31(21-24-48)42-44-45/h7-9,11,13-15,17,19,25-26,29,36,38,48H,10,12,16,18,20-24H2,1-6H3/b28-19+/t29-,36+,38-,40+/m0/s1. The van der Waals surface area contributed by atoms with Crippen LogP contribution >= 0.6 is 0 Å². The van der Waals surface area contributed by atoms with Crippen molar-refractivity contribution in [2.75, 3.05) is 23.1 Å². The van der Waals surface area contributed by atoms with E-state index in [1.54, 1.807) is 28.9 Å². The molecule has 3 aliphatic rings. The molecule has 276 valence electrons. The number of aliphatic hydroxyl groups is 1. The molecule has 4 heterocycles. The van der Waals surface area contributed by atoms with Gasteiger partial charge in [0.05, 0.1) is 28.9 Å². The maximum Gasteiger partial charge on any atom is 0.264 e. The van der Waals surface area contributed by atoms with Gasteiger partial charge in [-0.05, 0) is 76.9 Å². The molecular weight excluding hydrogens is 676 g/mol. The van der Waals surface area contributed by atoms with Gasteiger partial charge in [0.15, 0.2) is 5.60 Å². The zero-order valence-corrected chi connectivity index (χ0v) is 32.2. The van der Waals surface area contributed by atoms with Crippen molar-refractivity contribution in [3.63, 3.8) is 0 Å². The van der Waals surface area contributed by atoms with Crippen LogP contribution in [0.5, 0.6) is 0 Å². The van der Waals surface area contributed by atoms with Gasteiger partial charge in [-0.25, -0.2) is 5.01 Å². The minimum Gasteiger partial charge on any atom is -0.396 e. The Balaban J connectivity index is 1.40. The fourth-order valence-corrected chi connectivity index (χ4v) is 10.6. The molecule has 0 aliphatic carbocycles. The minimum absolute atomic E-state index is 0.0275. The number of hydrogen-bond donors (Lipinski definition) is 1. The molecule has 0 unspecified atom stereocenters. The predicted octanol–water partition coefficient (Wildman–Crippen LogP) is 7.25. The monoisotopic (exact) mass is 726 g/mol. The molecule has 10 nitrogen and oxygen atoms in total. The summed E-state index contributed by atoms with van der Waals surface area (Å²) in [6.07, 6.45) is 8.99. The molecule has 1 saturated heterocycles. The van der Waals surface area contributed by atoms with E-state index >= 15 is 4.11 Å². The van der Waals surface area contributed by atoms with Crippen molar-refractivity contribution in [2.45, 2.75) is 103 Å². The summed E-state index contributed by atoms with van der Waals surface area (Å²) in [7, 11) is -3.40. The number of nitrogens with zero attached hydrogens (tertiary/aromatic N) is 6. The van der Waals surface area contributed by atoms with E-state index in [2.05, 4.69) is 43.2 Å². The molecule has 3 aromatic rings. The van der Waals surface area contributed by atoms with Crippen LogP contribution in [0.25, 0.3) is 0 Å². The lowest BCUT2D eigenvalue weighted by atomic mass is 9.82. The molecule has 52 heavy (non-hydrogen) atoms. The van der Waals surface area contributed by atoms with E-state index in [1.165, 1.54) is 16.2 Å². The lowest BCUT2D eigenvalue weighted by Gasteiger charge is -2.31. The number of carbonyl (C=O) groups excluding carboxylic acids is 2. The van der Waals surface area contributed by atoms with Crippen molar-refractivity contribution < 1.29 is 23.5 Å². The lowest BCUT2D eigenvalue weighted by molar-refractivity contribution is -0.145. The fraction of sp³-hybridized carbons (Fsp3) is 0.475. The first-order valence-electron chi connectivity index (χ1n) is 18.4. The number of hydrogen-bond acceptors (Lipinski definition) is 7. The number of benzene rings is 2. The van der Waals surface area contributed by atoms with Gasteiger partial charge in [0.1, 0.15) is 0 Å². The first-order valence-corrected chi connectivity index (χ1v) is 21.4. The number of ether oxygens (including phenoxy) is 1. The number of amides is 2. The summed E-state index contributed by atoms with van der Waals surface area (Å²) < 4.78 is 25.2. The molecule has 3 aliphatic heterocycles. The molecule has 0 saturated carbocycles. The van der Waals surface area contributed by atoms with Crippen LogP contribution in [0.15, 0.2) is 83.1 Å². The lowest BCUT2D eigenvalue weighted by Crippen LogP contribution is -2.45. The van der Waals surface area contributed by atoms with E-state index in [0.717, 1.165) is 24.1 Å².